The lowest BCUT2D eigenvalue weighted by molar-refractivity contribution is -0.385. The Balaban J connectivity index is 2.08. The molecule has 2 aromatic carbocycles. The van der Waals surface area contributed by atoms with Crippen LogP contribution in [0.2, 0.25) is 5.02 Å². The van der Waals surface area contributed by atoms with E-state index >= 15 is 0 Å². The van der Waals surface area contributed by atoms with Crippen molar-refractivity contribution >= 4 is 34.1 Å². The molecule has 1 heterocycles. The highest BCUT2D eigenvalue weighted by Crippen LogP contribution is 2.26. The van der Waals surface area contributed by atoms with Crippen molar-refractivity contribution in [3.63, 3.8) is 0 Å². The first-order valence-corrected chi connectivity index (χ1v) is 10.7. The van der Waals surface area contributed by atoms with Crippen LogP contribution in [-0.2, 0) is 11.8 Å². The third-order valence-electron chi connectivity index (χ3n) is 5.58. The van der Waals surface area contributed by atoms with Gasteiger partial charge in [0.25, 0.3) is 17.2 Å². The normalized spacial score (nSPS) is 12.0. The minimum absolute atomic E-state index is 0.129. The number of carbonyl (C=O) groups excluding carboxylic acids is 1. The second-order valence-electron chi connectivity index (χ2n) is 7.77. The number of amides is 1. The molecule has 1 unspecified atom stereocenters. The van der Waals surface area contributed by atoms with Gasteiger partial charge >= 0.3 is 0 Å². The SMILES string of the molecule is COCCCN(C(=O)c1ccc(C)c([N+](=O)[O-])c1)C(C)c1nc2cc(Cl)ccc2c(=O)n1C. The van der Waals surface area contributed by atoms with Gasteiger partial charge in [0.2, 0.25) is 0 Å². The lowest BCUT2D eigenvalue weighted by Gasteiger charge is -2.30. The fraction of sp³-hybridized carbons (Fsp3) is 0.348. The number of carbonyl (C=O) groups is 1. The van der Waals surface area contributed by atoms with Gasteiger partial charge in [-0.15, -0.1) is 0 Å². The molecule has 3 aromatic rings. The van der Waals surface area contributed by atoms with E-state index in [-0.39, 0.29) is 16.8 Å². The minimum atomic E-state index is -0.601. The number of halogens is 1. The number of nitro benzene ring substituents is 1. The first kappa shape index (κ1) is 24.3. The molecule has 1 amide bonds. The zero-order valence-corrected chi connectivity index (χ0v) is 19.6. The van der Waals surface area contributed by atoms with Crippen LogP contribution in [0.1, 0.15) is 41.1 Å². The number of hydrogen-bond donors (Lipinski definition) is 0. The van der Waals surface area contributed by atoms with Crippen molar-refractivity contribution in [1.29, 1.82) is 0 Å². The number of aryl methyl sites for hydroxylation is 1. The summed E-state index contributed by atoms with van der Waals surface area (Å²) in [6.45, 7) is 4.11. The summed E-state index contributed by atoms with van der Waals surface area (Å²) in [5.41, 5.74) is 0.698. The Labute approximate surface area is 195 Å². The van der Waals surface area contributed by atoms with Crippen molar-refractivity contribution in [1.82, 2.24) is 14.5 Å². The second-order valence-corrected chi connectivity index (χ2v) is 8.21. The summed E-state index contributed by atoms with van der Waals surface area (Å²) in [6.07, 6.45) is 0.536. The van der Waals surface area contributed by atoms with Crippen molar-refractivity contribution < 1.29 is 14.5 Å². The van der Waals surface area contributed by atoms with Gasteiger partial charge in [-0.25, -0.2) is 4.98 Å². The summed E-state index contributed by atoms with van der Waals surface area (Å²) in [7, 11) is 3.17. The Morgan fingerprint density at radius 3 is 2.70 bits per heavy atom. The number of benzene rings is 2. The molecule has 10 heteroatoms. The number of nitrogens with zero attached hydrogens (tertiary/aromatic N) is 4. The molecule has 0 aliphatic heterocycles. The van der Waals surface area contributed by atoms with E-state index in [1.54, 1.807) is 63.2 Å². The number of aromatic nitrogens is 2. The number of ether oxygens (including phenoxy) is 1. The number of rotatable bonds is 8. The first-order chi connectivity index (χ1) is 15.6. The Bertz CT molecular complexity index is 1270. The van der Waals surface area contributed by atoms with Gasteiger partial charge in [-0.1, -0.05) is 17.7 Å². The van der Waals surface area contributed by atoms with Crippen molar-refractivity contribution in [2.24, 2.45) is 7.05 Å². The maximum atomic E-state index is 13.5. The van der Waals surface area contributed by atoms with Gasteiger partial charge in [0.05, 0.1) is 21.9 Å². The molecule has 0 saturated carbocycles. The summed E-state index contributed by atoms with van der Waals surface area (Å²) in [5, 5.41) is 12.2. The Kier molecular flexibility index (Phi) is 7.45. The van der Waals surface area contributed by atoms with E-state index < -0.39 is 16.9 Å². The molecule has 1 aromatic heterocycles. The van der Waals surface area contributed by atoms with Gasteiger partial charge in [-0.3, -0.25) is 24.3 Å². The number of methoxy groups -OCH3 is 1. The van der Waals surface area contributed by atoms with E-state index in [9.17, 15) is 19.7 Å². The Hall–Kier alpha value is -3.30. The summed E-state index contributed by atoms with van der Waals surface area (Å²) >= 11 is 6.09. The van der Waals surface area contributed by atoms with Crippen LogP contribution in [0.3, 0.4) is 0 Å². The van der Waals surface area contributed by atoms with E-state index in [2.05, 4.69) is 4.98 Å². The standard InChI is InChI=1S/C23H25ClN4O5/c1-14-6-7-16(12-20(14)28(31)32)22(29)27(10-5-11-33-4)15(2)21-25-19-13-17(24)8-9-18(19)23(30)26(21)3/h6-9,12-13,15H,5,10-11H2,1-4H3. The van der Waals surface area contributed by atoms with E-state index in [0.29, 0.717) is 46.9 Å². The predicted octanol–water partition coefficient (Wildman–Crippen LogP) is 4.04. The highest BCUT2D eigenvalue weighted by molar-refractivity contribution is 6.31. The highest BCUT2D eigenvalue weighted by Gasteiger charge is 2.27. The topological polar surface area (TPSA) is 108 Å². The van der Waals surface area contributed by atoms with Gasteiger partial charge < -0.3 is 9.64 Å². The van der Waals surface area contributed by atoms with E-state index in [1.165, 1.54) is 10.6 Å². The monoisotopic (exact) mass is 472 g/mol. The fourth-order valence-electron chi connectivity index (χ4n) is 3.73. The van der Waals surface area contributed by atoms with Gasteiger partial charge in [0.15, 0.2) is 0 Å². The Morgan fingerprint density at radius 1 is 1.30 bits per heavy atom. The van der Waals surface area contributed by atoms with Crippen LogP contribution < -0.4 is 5.56 Å². The van der Waals surface area contributed by atoms with Gasteiger partial charge in [0, 0.05) is 49.5 Å². The van der Waals surface area contributed by atoms with E-state index in [4.69, 9.17) is 16.3 Å². The summed E-state index contributed by atoms with van der Waals surface area (Å²) in [4.78, 5) is 43.4. The van der Waals surface area contributed by atoms with Gasteiger partial charge in [-0.2, -0.15) is 0 Å². The molecule has 0 aliphatic rings. The van der Waals surface area contributed by atoms with Crippen LogP contribution in [0.5, 0.6) is 0 Å². The van der Waals surface area contributed by atoms with Crippen LogP contribution in [-0.4, -0.2) is 45.5 Å². The molecule has 0 radical (unpaired) electrons. The molecule has 0 bridgehead atoms. The molecule has 0 saturated heterocycles. The lowest BCUT2D eigenvalue weighted by Crippen LogP contribution is -2.38. The molecule has 0 spiro atoms. The summed E-state index contributed by atoms with van der Waals surface area (Å²) in [6, 6.07) is 8.64. The third kappa shape index (κ3) is 5.04. The van der Waals surface area contributed by atoms with Crippen molar-refractivity contribution in [3.05, 3.63) is 78.8 Å². The van der Waals surface area contributed by atoms with Crippen molar-refractivity contribution in [2.45, 2.75) is 26.3 Å². The minimum Gasteiger partial charge on any atom is -0.385 e. The van der Waals surface area contributed by atoms with Crippen LogP contribution in [0.25, 0.3) is 10.9 Å². The molecule has 174 valence electrons. The lowest BCUT2D eigenvalue weighted by atomic mass is 10.1. The third-order valence-corrected chi connectivity index (χ3v) is 5.81. The number of fused-ring (bicyclic) bond motifs is 1. The van der Waals surface area contributed by atoms with Gasteiger partial charge in [0.1, 0.15) is 5.82 Å². The van der Waals surface area contributed by atoms with Crippen LogP contribution in [0.15, 0.2) is 41.2 Å². The molecule has 0 N–H and O–H groups in total. The maximum absolute atomic E-state index is 13.5. The van der Waals surface area contributed by atoms with E-state index in [0.717, 1.165) is 0 Å². The maximum Gasteiger partial charge on any atom is 0.273 e. The number of hydrogen-bond acceptors (Lipinski definition) is 6. The molecule has 9 nitrogen and oxygen atoms in total. The quantitative estimate of drug-likeness (QED) is 0.278. The van der Waals surface area contributed by atoms with Crippen molar-refractivity contribution in [2.75, 3.05) is 20.3 Å². The smallest absolute Gasteiger partial charge is 0.273 e. The van der Waals surface area contributed by atoms with E-state index in [1.807, 2.05) is 0 Å². The van der Waals surface area contributed by atoms with Gasteiger partial charge in [-0.05, 0) is 44.5 Å². The molecular weight excluding hydrogens is 448 g/mol. The average molecular weight is 473 g/mol. The molecule has 0 aliphatic carbocycles. The molecule has 0 fully saturated rings. The molecule has 33 heavy (non-hydrogen) atoms. The largest absolute Gasteiger partial charge is 0.385 e. The predicted molar refractivity (Wildman–Crippen MR) is 126 cm³/mol. The summed E-state index contributed by atoms with van der Waals surface area (Å²) in [5.74, 6) is -0.0238. The fourth-order valence-corrected chi connectivity index (χ4v) is 3.90. The first-order valence-electron chi connectivity index (χ1n) is 10.4. The van der Waals surface area contributed by atoms with Crippen LogP contribution in [0.4, 0.5) is 5.69 Å². The highest BCUT2D eigenvalue weighted by atomic mass is 35.5. The average Bonchev–Trinajstić information content (AvgIpc) is 2.78. The molecule has 1 atom stereocenters. The summed E-state index contributed by atoms with van der Waals surface area (Å²) < 4.78 is 6.54. The van der Waals surface area contributed by atoms with Crippen LogP contribution >= 0.6 is 11.6 Å². The van der Waals surface area contributed by atoms with Crippen LogP contribution in [0, 0.1) is 17.0 Å². The molecular formula is C23H25ClN4O5. The zero-order valence-electron chi connectivity index (χ0n) is 18.9. The second kappa shape index (κ2) is 10.1. The van der Waals surface area contributed by atoms with Crippen molar-refractivity contribution in [3.8, 4) is 0 Å². The number of nitro groups is 1. The molecule has 3 rings (SSSR count). The zero-order chi connectivity index (χ0) is 24.3. The Morgan fingerprint density at radius 2 is 2.03 bits per heavy atom.